The van der Waals surface area contributed by atoms with Crippen molar-refractivity contribution in [2.24, 2.45) is 5.92 Å². The smallest absolute Gasteiger partial charge is 0.256 e. The van der Waals surface area contributed by atoms with Crippen LogP contribution in [0, 0.1) is 5.92 Å². The van der Waals surface area contributed by atoms with Crippen LogP contribution in [0.4, 0.5) is 5.69 Å². The highest BCUT2D eigenvalue weighted by Crippen LogP contribution is 2.38. The predicted octanol–water partition coefficient (Wildman–Crippen LogP) is 6.33. The number of carbonyl (C=O) groups excluding carboxylic acids is 1. The lowest BCUT2D eigenvalue weighted by molar-refractivity contribution is -0.147. The van der Waals surface area contributed by atoms with Crippen LogP contribution in [0.1, 0.15) is 66.2 Å². The van der Waals surface area contributed by atoms with Crippen molar-refractivity contribution in [3.8, 4) is 5.75 Å². The van der Waals surface area contributed by atoms with Crippen molar-refractivity contribution in [1.82, 2.24) is 0 Å². The zero-order valence-electron chi connectivity index (χ0n) is 18.3. The van der Waals surface area contributed by atoms with Crippen molar-refractivity contribution >= 4 is 22.4 Å². The van der Waals surface area contributed by atoms with Crippen molar-refractivity contribution in [3.05, 3.63) is 36.4 Å². The maximum absolute atomic E-state index is 13.4. The molecule has 1 saturated carbocycles. The van der Waals surface area contributed by atoms with E-state index in [0.717, 1.165) is 60.7 Å². The Morgan fingerprint density at radius 3 is 2.48 bits per heavy atom. The number of hydrogen-bond acceptors (Lipinski definition) is 3. The molecule has 0 radical (unpaired) electrons. The fraction of sp³-hybridized carbons (Fsp3) is 0.560. The fourth-order valence-corrected chi connectivity index (χ4v) is 3.98. The molecule has 1 fully saturated rings. The second-order valence-electron chi connectivity index (χ2n) is 8.47. The van der Waals surface area contributed by atoms with Crippen LogP contribution in [0.3, 0.4) is 0 Å². The Hall–Kier alpha value is -2.07. The minimum absolute atomic E-state index is 0.0152. The molecule has 0 heterocycles. The van der Waals surface area contributed by atoms with Crippen molar-refractivity contribution in [3.63, 3.8) is 0 Å². The number of carbonyl (C=O) groups is 1. The number of amides is 1. The third-order valence-electron chi connectivity index (χ3n) is 6.11. The van der Waals surface area contributed by atoms with Crippen LogP contribution in [0.15, 0.2) is 36.4 Å². The predicted molar refractivity (Wildman–Crippen MR) is 120 cm³/mol. The van der Waals surface area contributed by atoms with Gasteiger partial charge in [-0.15, -0.1) is 0 Å². The van der Waals surface area contributed by atoms with E-state index >= 15 is 0 Å². The Morgan fingerprint density at radius 1 is 1.14 bits per heavy atom. The van der Waals surface area contributed by atoms with Gasteiger partial charge in [0, 0.05) is 23.1 Å². The lowest BCUT2D eigenvalue weighted by atomic mass is 9.78. The van der Waals surface area contributed by atoms with Crippen LogP contribution in [0.2, 0.25) is 0 Å². The van der Waals surface area contributed by atoms with Gasteiger partial charge in [-0.05, 0) is 63.5 Å². The number of ether oxygens (including phenoxy) is 2. The molecule has 0 aliphatic heterocycles. The summed E-state index contributed by atoms with van der Waals surface area (Å²) in [6.45, 7) is 9.14. The number of nitrogens with one attached hydrogen (secondary N) is 1. The first kappa shape index (κ1) is 21.6. The Kier molecular flexibility index (Phi) is 7.18. The van der Waals surface area contributed by atoms with Gasteiger partial charge in [0.2, 0.25) is 0 Å². The summed E-state index contributed by atoms with van der Waals surface area (Å²) < 4.78 is 12.3. The molecule has 0 bridgehead atoms. The van der Waals surface area contributed by atoms with Crippen molar-refractivity contribution in [2.45, 2.75) is 77.9 Å². The van der Waals surface area contributed by atoms with Crippen LogP contribution in [-0.4, -0.2) is 24.2 Å². The van der Waals surface area contributed by atoms with Gasteiger partial charge in [-0.1, -0.05) is 45.0 Å². The summed E-state index contributed by atoms with van der Waals surface area (Å²) in [6, 6.07) is 12.0. The molecule has 4 nitrogen and oxygen atoms in total. The first-order valence-electron chi connectivity index (χ1n) is 11.1. The van der Waals surface area contributed by atoms with E-state index in [1.165, 1.54) is 0 Å². The standard InChI is InChI=1S/C25H35NO3/c1-5-17-28-25(15-13-18(3)14-16-25)24(27)26-22-11-12-23(29-19(4)6-2)21-10-8-7-9-20(21)22/h7-12,18-19H,5-6,13-17H2,1-4H3,(H,26,27). The maximum atomic E-state index is 13.4. The minimum Gasteiger partial charge on any atom is -0.490 e. The number of anilines is 1. The van der Waals surface area contributed by atoms with E-state index in [-0.39, 0.29) is 12.0 Å². The molecule has 1 amide bonds. The number of rotatable bonds is 8. The summed E-state index contributed by atoms with van der Waals surface area (Å²) >= 11 is 0. The molecule has 2 aromatic rings. The van der Waals surface area contributed by atoms with Crippen LogP contribution < -0.4 is 10.1 Å². The van der Waals surface area contributed by atoms with E-state index in [4.69, 9.17) is 9.47 Å². The van der Waals surface area contributed by atoms with Crippen molar-refractivity contribution in [2.75, 3.05) is 11.9 Å². The third-order valence-corrected chi connectivity index (χ3v) is 6.11. The van der Waals surface area contributed by atoms with Gasteiger partial charge >= 0.3 is 0 Å². The van der Waals surface area contributed by atoms with E-state index in [0.29, 0.717) is 12.5 Å². The number of benzene rings is 2. The van der Waals surface area contributed by atoms with Gasteiger partial charge in [-0.2, -0.15) is 0 Å². The van der Waals surface area contributed by atoms with E-state index in [2.05, 4.69) is 33.0 Å². The molecule has 1 unspecified atom stereocenters. The van der Waals surface area contributed by atoms with E-state index in [1.54, 1.807) is 0 Å². The molecule has 1 aliphatic carbocycles. The molecule has 3 rings (SSSR count). The van der Waals surface area contributed by atoms with E-state index in [9.17, 15) is 4.79 Å². The van der Waals surface area contributed by atoms with Gasteiger partial charge in [-0.25, -0.2) is 0 Å². The summed E-state index contributed by atoms with van der Waals surface area (Å²) in [5.41, 5.74) is 0.107. The van der Waals surface area contributed by atoms with Gasteiger partial charge in [0.15, 0.2) is 0 Å². The molecule has 29 heavy (non-hydrogen) atoms. The Bertz CT molecular complexity index is 818. The topological polar surface area (TPSA) is 47.6 Å². The highest BCUT2D eigenvalue weighted by molar-refractivity contribution is 6.06. The Morgan fingerprint density at radius 2 is 1.83 bits per heavy atom. The molecule has 0 saturated heterocycles. The monoisotopic (exact) mass is 397 g/mol. The Labute approximate surface area is 175 Å². The summed E-state index contributed by atoms with van der Waals surface area (Å²) in [5, 5.41) is 5.21. The molecular weight excluding hydrogens is 362 g/mol. The van der Waals surface area contributed by atoms with Crippen LogP contribution >= 0.6 is 0 Å². The molecule has 1 aliphatic rings. The van der Waals surface area contributed by atoms with Gasteiger partial charge in [0.25, 0.3) is 5.91 Å². The van der Waals surface area contributed by atoms with Crippen LogP contribution in [0.25, 0.3) is 10.8 Å². The molecule has 0 aromatic heterocycles. The van der Waals surface area contributed by atoms with Crippen LogP contribution in [-0.2, 0) is 9.53 Å². The summed E-state index contributed by atoms with van der Waals surface area (Å²) in [7, 11) is 0. The van der Waals surface area contributed by atoms with E-state index < -0.39 is 5.60 Å². The number of fused-ring (bicyclic) bond motifs is 1. The minimum atomic E-state index is -0.713. The average Bonchev–Trinajstić information content (AvgIpc) is 2.75. The van der Waals surface area contributed by atoms with Crippen molar-refractivity contribution in [1.29, 1.82) is 0 Å². The lowest BCUT2D eigenvalue weighted by Gasteiger charge is -2.38. The lowest BCUT2D eigenvalue weighted by Crippen LogP contribution is -2.48. The molecule has 158 valence electrons. The highest BCUT2D eigenvalue weighted by Gasteiger charge is 2.42. The molecular formula is C25H35NO3. The largest absolute Gasteiger partial charge is 0.490 e. The normalized spacial score (nSPS) is 23.0. The zero-order chi connectivity index (χ0) is 20.9. The zero-order valence-corrected chi connectivity index (χ0v) is 18.3. The third kappa shape index (κ3) is 4.92. The SMILES string of the molecule is CCCOC1(C(=O)Nc2ccc(OC(C)CC)c3ccccc23)CCC(C)CC1. The second kappa shape index (κ2) is 9.62. The summed E-state index contributed by atoms with van der Waals surface area (Å²) in [4.78, 5) is 13.4. The Balaban J connectivity index is 1.88. The fourth-order valence-electron chi connectivity index (χ4n) is 3.98. The molecule has 2 aromatic carbocycles. The maximum Gasteiger partial charge on any atom is 0.256 e. The van der Waals surface area contributed by atoms with Crippen molar-refractivity contribution < 1.29 is 14.3 Å². The first-order valence-corrected chi connectivity index (χ1v) is 11.1. The second-order valence-corrected chi connectivity index (χ2v) is 8.47. The quantitative estimate of drug-likeness (QED) is 0.566. The molecule has 4 heteroatoms. The summed E-state index contributed by atoms with van der Waals surface area (Å²) in [5.74, 6) is 1.49. The van der Waals surface area contributed by atoms with Gasteiger partial charge in [0.05, 0.1) is 6.10 Å². The van der Waals surface area contributed by atoms with Gasteiger partial charge in [0.1, 0.15) is 11.4 Å². The number of hydrogen-bond donors (Lipinski definition) is 1. The van der Waals surface area contributed by atoms with Gasteiger partial charge in [-0.3, -0.25) is 4.79 Å². The summed E-state index contributed by atoms with van der Waals surface area (Å²) in [6.07, 6.45) is 5.63. The van der Waals surface area contributed by atoms with Gasteiger partial charge < -0.3 is 14.8 Å². The van der Waals surface area contributed by atoms with E-state index in [1.807, 2.05) is 36.4 Å². The molecule has 0 spiro atoms. The molecule has 1 atom stereocenters. The molecule has 1 N–H and O–H groups in total. The van der Waals surface area contributed by atoms with Crippen LogP contribution in [0.5, 0.6) is 5.75 Å². The highest BCUT2D eigenvalue weighted by atomic mass is 16.5. The average molecular weight is 398 g/mol. The first-order chi connectivity index (χ1) is 14.0.